The number of allylic oxidation sites excluding steroid dienone is 2. The minimum Gasteiger partial charge on any atom is -0.512 e. The largest absolute Gasteiger partial charge is 3.00 e. The molecule has 7 rings (SSSR count). The first-order valence-corrected chi connectivity index (χ1v) is 16.7. The maximum atomic E-state index is 10.0. The maximum Gasteiger partial charge on any atom is 3.00 e. The normalized spacial score (nSPS) is 10.8. The van der Waals surface area contributed by atoms with Crippen molar-refractivity contribution in [3.63, 3.8) is 0 Å². The number of nitrogens with zero attached hydrogens (tertiary/aromatic N) is 2. The van der Waals surface area contributed by atoms with Gasteiger partial charge in [-0.3, -0.25) is 4.79 Å². The molecule has 264 valence electrons. The fraction of sp³-hybridized carbons (Fsp3) is 0.149. The van der Waals surface area contributed by atoms with E-state index in [1.165, 1.54) is 63.7 Å². The van der Waals surface area contributed by atoms with Crippen LogP contribution >= 0.6 is 0 Å². The van der Waals surface area contributed by atoms with Crippen LogP contribution in [-0.4, -0.2) is 20.9 Å². The van der Waals surface area contributed by atoms with Gasteiger partial charge in [0.25, 0.3) is 0 Å². The van der Waals surface area contributed by atoms with Crippen LogP contribution in [-0.2, 0) is 30.3 Å². The number of rotatable bonds is 4. The molecule has 1 N–H and O–H groups in total. The van der Waals surface area contributed by atoms with E-state index in [0.717, 1.165) is 22.5 Å². The van der Waals surface area contributed by atoms with Gasteiger partial charge in [0.2, 0.25) is 0 Å². The molecule has 0 amide bonds. The molecule has 2 aromatic heterocycles. The van der Waals surface area contributed by atoms with Crippen LogP contribution in [0.5, 0.6) is 0 Å². The van der Waals surface area contributed by atoms with Gasteiger partial charge in [0.1, 0.15) is 0 Å². The van der Waals surface area contributed by atoms with Gasteiger partial charge in [0.15, 0.2) is 5.78 Å². The number of hydrogen-bond donors (Lipinski definition) is 1. The molecule has 0 fully saturated rings. The third-order valence-electron chi connectivity index (χ3n) is 8.09. The second-order valence-corrected chi connectivity index (χ2v) is 13.3. The van der Waals surface area contributed by atoms with E-state index in [-0.39, 0.29) is 44.5 Å². The molecule has 2 heterocycles. The summed E-state index contributed by atoms with van der Waals surface area (Å²) in [6.07, 6.45) is 5.09. The molecule has 0 unspecified atom stereocenters. The SMILES string of the molecule is CC(=O)/C=C(/C)O.CC(C)(C)c1ccc(-c2[c-]ccc(-c3ccccc3)c2)nc1.Cc1cc[c-]c(-c2cc3c(ccc4ccccc43)cn2)c1.[CH3-].[Ir+3]. The van der Waals surface area contributed by atoms with E-state index in [1.54, 1.807) is 0 Å². The van der Waals surface area contributed by atoms with Crippen LogP contribution in [0.3, 0.4) is 0 Å². The molecular formula is C47H45IrN2O2. The molecule has 0 aliphatic rings. The van der Waals surface area contributed by atoms with Crippen LogP contribution < -0.4 is 0 Å². The van der Waals surface area contributed by atoms with Crippen molar-refractivity contribution < 1.29 is 30.0 Å². The van der Waals surface area contributed by atoms with E-state index in [9.17, 15) is 4.79 Å². The van der Waals surface area contributed by atoms with Crippen molar-refractivity contribution in [3.8, 4) is 33.6 Å². The summed E-state index contributed by atoms with van der Waals surface area (Å²) in [5, 5.41) is 13.3. The van der Waals surface area contributed by atoms with E-state index < -0.39 is 0 Å². The Kier molecular flexibility index (Phi) is 14.9. The Morgan fingerprint density at radius 2 is 1.31 bits per heavy atom. The summed E-state index contributed by atoms with van der Waals surface area (Å²) in [5.41, 5.74) is 9.01. The summed E-state index contributed by atoms with van der Waals surface area (Å²) in [6, 6.07) is 48.5. The number of aryl methyl sites for hydroxylation is 1. The summed E-state index contributed by atoms with van der Waals surface area (Å²) in [5.74, 6) is -0.0625. The van der Waals surface area contributed by atoms with Gasteiger partial charge in [-0.25, -0.2) is 0 Å². The zero-order valence-electron chi connectivity index (χ0n) is 30.9. The Bertz CT molecular complexity index is 2250. The Labute approximate surface area is 322 Å². The third-order valence-corrected chi connectivity index (χ3v) is 8.09. The van der Waals surface area contributed by atoms with E-state index >= 15 is 0 Å². The fourth-order valence-electron chi connectivity index (χ4n) is 5.49. The summed E-state index contributed by atoms with van der Waals surface area (Å²) >= 11 is 0. The number of aromatic nitrogens is 2. The first-order valence-electron chi connectivity index (χ1n) is 16.7. The summed E-state index contributed by atoms with van der Waals surface area (Å²) in [6.45, 7) is 11.5. The molecule has 5 aromatic carbocycles. The van der Waals surface area contributed by atoms with Gasteiger partial charge in [-0.2, -0.15) is 0 Å². The van der Waals surface area contributed by atoms with Crippen molar-refractivity contribution in [1.82, 2.24) is 9.97 Å². The third kappa shape index (κ3) is 11.1. The van der Waals surface area contributed by atoms with E-state index in [4.69, 9.17) is 5.11 Å². The summed E-state index contributed by atoms with van der Waals surface area (Å²) in [7, 11) is 0. The molecular weight excluding hydrogens is 817 g/mol. The molecule has 7 aromatic rings. The minimum absolute atomic E-state index is 0. The molecule has 52 heavy (non-hydrogen) atoms. The smallest absolute Gasteiger partial charge is 0.512 e. The molecule has 0 atom stereocenters. The maximum absolute atomic E-state index is 10.0. The molecule has 0 aliphatic heterocycles. The van der Waals surface area contributed by atoms with Crippen molar-refractivity contribution in [1.29, 1.82) is 0 Å². The Balaban J connectivity index is 0.000000231. The molecule has 0 saturated carbocycles. The molecule has 0 aliphatic carbocycles. The fourth-order valence-corrected chi connectivity index (χ4v) is 5.49. The summed E-state index contributed by atoms with van der Waals surface area (Å²) < 4.78 is 0. The number of pyridine rings is 2. The monoisotopic (exact) mass is 862 g/mol. The van der Waals surface area contributed by atoms with Crippen LogP contribution in [0.1, 0.15) is 45.7 Å². The quantitative estimate of drug-likeness (QED) is 0.0829. The number of carbonyl (C=O) groups excluding carboxylic acids is 1. The number of carbonyl (C=O) groups is 1. The van der Waals surface area contributed by atoms with Crippen LogP contribution in [0.4, 0.5) is 0 Å². The van der Waals surface area contributed by atoms with Gasteiger partial charge in [-0.1, -0.05) is 113 Å². The van der Waals surface area contributed by atoms with E-state index in [1.807, 2.05) is 30.6 Å². The zero-order valence-corrected chi connectivity index (χ0v) is 33.3. The van der Waals surface area contributed by atoms with Crippen molar-refractivity contribution >= 4 is 27.3 Å². The van der Waals surface area contributed by atoms with Crippen molar-refractivity contribution in [2.24, 2.45) is 0 Å². The molecule has 5 heteroatoms. The van der Waals surface area contributed by atoms with Crippen LogP contribution in [0, 0.1) is 26.5 Å². The number of hydrogen-bond acceptors (Lipinski definition) is 4. The molecule has 4 nitrogen and oxygen atoms in total. The Hall–Kier alpha value is -5.22. The predicted octanol–water partition coefficient (Wildman–Crippen LogP) is 12.2. The standard InChI is InChI=1S/C21H20N.C20H14N.C5H8O2.CH3.Ir/c1-21(2,3)19-12-13-20(22-15-19)18-11-7-10-17(14-18)16-8-5-4-6-9-16;1-14-5-4-7-16(11-14)20-12-19-17(13-21-20)10-9-15-6-2-3-8-18(15)19;1-4(6)3-5(2)7;;/h4-10,12-15H,1-3H3;2-6,8-13H,1H3;3,6H,1-2H3;1H3;/q2*-1;;-1;+3/b;;4-3-;;. The van der Waals surface area contributed by atoms with Crippen LogP contribution in [0.15, 0.2) is 146 Å². The first-order chi connectivity index (χ1) is 24.0. The topological polar surface area (TPSA) is 63.1 Å². The van der Waals surface area contributed by atoms with E-state index in [0.29, 0.717) is 0 Å². The Morgan fingerprint density at radius 1 is 0.673 bits per heavy atom. The van der Waals surface area contributed by atoms with Gasteiger partial charge < -0.3 is 22.5 Å². The number of ketones is 1. The van der Waals surface area contributed by atoms with Crippen molar-refractivity contribution in [2.75, 3.05) is 0 Å². The first kappa shape index (κ1) is 41.2. The molecule has 0 bridgehead atoms. The number of benzene rings is 5. The van der Waals surface area contributed by atoms with Gasteiger partial charge in [-0.15, -0.1) is 70.8 Å². The number of aliphatic hydroxyl groups is 1. The Morgan fingerprint density at radius 3 is 1.92 bits per heavy atom. The zero-order chi connectivity index (χ0) is 35.7. The average molecular weight is 862 g/mol. The second kappa shape index (κ2) is 18.9. The predicted molar refractivity (Wildman–Crippen MR) is 214 cm³/mol. The van der Waals surface area contributed by atoms with Gasteiger partial charge in [0.05, 0.1) is 5.76 Å². The van der Waals surface area contributed by atoms with Crippen molar-refractivity contribution in [3.05, 3.63) is 176 Å². The van der Waals surface area contributed by atoms with Gasteiger partial charge in [-0.05, 0) is 63.3 Å². The summed E-state index contributed by atoms with van der Waals surface area (Å²) in [4.78, 5) is 19.2. The molecule has 0 spiro atoms. The van der Waals surface area contributed by atoms with Gasteiger partial charge in [0, 0.05) is 18.5 Å². The van der Waals surface area contributed by atoms with Crippen LogP contribution in [0.2, 0.25) is 0 Å². The second-order valence-electron chi connectivity index (χ2n) is 13.3. The average Bonchev–Trinajstić information content (AvgIpc) is 3.11. The molecule has 0 saturated heterocycles. The number of fused-ring (bicyclic) bond motifs is 3. The van der Waals surface area contributed by atoms with E-state index in [2.05, 4.69) is 153 Å². The molecule has 0 radical (unpaired) electrons. The van der Waals surface area contributed by atoms with Crippen molar-refractivity contribution in [2.45, 2.75) is 47.0 Å². The number of aliphatic hydroxyl groups excluding tert-OH is 1. The van der Waals surface area contributed by atoms with Crippen LogP contribution in [0.25, 0.3) is 55.2 Å². The van der Waals surface area contributed by atoms with Gasteiger partial charge >= 0.3 is 20.1 Å². The minimum atomic E-state index is -0.125.